The molecule has 0 aliphatic rings. The van der Waals surface area contributed by atoms with E-state index in [4.69, 9.17) is 10.5 Å². The summed E-state index contributed by atoms with van der Waals surface area (Å²) in [7, 11) is 0. The first kappa shape index (κ1) is 8.66. The molecule has 2 nitrogen and oxygen atoms in total. The highest BCUT2D eigenvalue weighted by molar-refractivity contribution is 4.86. The van der Waals surface area contributed by atoms with Gasteiger partial charge in [0.1, 0.15) is 0 Å². The quantitative estimate of drug-likeness (QED) is 0.442. The van der Waals surface area contributed by atoms with Gasteiger partial charge in [-0.1, -0.05) is 5.57 Å². The zero-order valence-corrected chi connectivity index (χ0v) is 6.02. The number of rotatable bonds is 5. The maximum Gasteiger partial charge on any atom is 0.0588 e. The lowest BCUT2D eigenvalue weighted by Crippen LogP contribution is -2.08. The molecule has 0 fully saturated rings. The Bertz CT molecular complexity index is 81.0. The van der Waals surface area contributed by atoms with Crippen molar-refractivity contribution < 1.29 is 4.74 Å². The van der Waals surface area contributed by atoms with Gasteiger partial charge in [0.15, 0.2) is 0 Å². The molecular weight excluding hydrogens is 114 g/mol. The van der Waals surface area contributed by atoms with Crippen LogP contribution in [0.2, 0.25) is 0 Å². The maximum atomic E-state index is 5.20. The van der Waals surface area contributed by atoms with Crippen LogP contribution >= 0.6 is 0 Å². The van der Waals surface area contributed by atoms with Crippen LogP contribution in [0.25, 0.3) is 0 Å². The van der Waals surface area contributed by atoms with E-state index < -0.39 is 0 Å². The van der Waals surface area contributed by atoms with Crippen molar-refractivity contribution in [3.05, 3.63) is 12.2 Å². The molecule has 0 aliphatic heterocycles. The molecule has 0 aromatic heterocycles. The zero-order valence-electron chi connectivity index (χ0n) is 6.02. The molecule has 2 N–H and O–H groups in total. The number of hydrogen-bond acceptors (Lipinski definition) is 2. The van der Waals surface area contributed by atoms with E-state index in [1.807, 2.05) is 6.92 Å². The summed E-state index contributed by atoms with van der Waals surface area (Å²) < 4.78 is 5.11. The zero-order chi connectivity index (χ0) is 7.11. The van der Waals surface area contributed by atoms with E-state index in [1.165, 1.54) is 0 Å². The molecule has 0 atom stereocenters. The molecule has 0 saturated heterocycles. The fourth-order valence-electron chi connectivity index (χ4n) is 0.432. The fraction of sp³-hybridized carbons (Fsp3) is 0.714. The molecule has 0 bridgehead atoms. The Hall–Kier alpha value is -0.340. The van der Waals surface area contributed by atoms with Crippen LogP contribution < -0.4 is 5.73 Å². The van der Waals surface area contributed by atoms with Gasteiger partial charge >= 0.3 is 0 Å². The molecule has 0 aromatic carbocycles. The smallest absolute Gasteiger partial charge is 0.0588 e. The molecule has 0 amide bonds. The molecule has 2 heteroatoms. The van der Waals surface area contributed by atoms with Crippen molar-refractivity contribution in [1.29, 1.82) is 0 Å². The van der Waals surface area contributed by atoms with Crippen molar-refractivity contribution in [2.45, 2.75) is 13.3 Å². The van der Waals surface area contributed by atoms with Crippen LogP contribution in [0.4, 0.5) is 0 Å². The van der Waals surface area contributed by atoms with Crippen LogP contribution in [0, 0.1) is 0 Å². The lowest BCUT2D eigenvalue weighted by molar-refractivity contribution is 0.145. The van der Waals surface area contributed by atoms with Gasteiger partial charge in [-0.15, -0.1) is 6.58 Å². The van der Waals surface area contributed by atoms with Crippen LogP contribution in [-0.4, -0.2) is 19.8 Å². The van der Waals surface area contributed by atoms with Gasteiger partial charge in [-0.2, -0.15) is 0 Å². The summed E-state index contributed by atoms with van der Waals surface area (Å²) in [5, 5.41) is 0. The van der Waals surface area contributed by atoms with Gasteiger partial charge in [-0.3, -0.25) is 0 Å². The van der Waals surface area contributed by atoms with Gasteiger partial charge < -0.3 is 10.5 Å². The lowest BCUT2D eigenvalue weighted by Gasteiger charge is -1.99. The molecule has 0 aliphatic carbocycles. The molecule has 0 spiro atoms. The topological polar surface area (TPSA) is 35.2 Å². The highest BCUT2D eigenvalue weighted by Gasteiger charge is 1.85. The Balaban J connectivity index is 2.83. The first-order chi connectivity index (χ1) is 4.27. The summed E-state index contributed by atoms with van der Waals surface area (Å²) in [6, 6.07) is 0. The van der Waals surface area contributed by atoms with Crippen molar-refractivity contribution in [1.82, 2.24) is 0 Å². The molecule has 0 rings (SSSR count). The predicted octanol–water partition coefficient (Wildman–Crippen LogP) is 0.928. The Morgan fingerprint density at radius 1 is 1.56 bits per heavy atom. The predicted molar refractivity (Wildman–Crippen MR) is 39.3 cm³/mol. The molecule has 0 radical (unpaired) electrons. The second kappa shape index (κ2) is 5.79. The van der Waals surface area contributed by atoms with Gasteiger partial charge in [-0.05, 0) is 13.3 Å². The van der Waals surface area contributed by atoms with Gasteiger partial charge in [-0.25, -0.2) is 0 Å². The van der Waals surface area contributed by atoms with E-state index in [2.05, 4.69) is 6.58 Å². The largest absolute Gasteiger partial charge is 0.380 e. The summed E-state index contributed by atoms with van der Waals surface area (Å²) in [5.74, 6) is 0. The average molecular weight is 129 g/mol. The van der Waals surface area contributed by atoms with E-state index in [0.29, 0.717) is 13.2 Å². The van der Waals surface area contributed by atoms with Crippen LogP contribution in [-0.2, 0) is 4.74 Å². The lowest BCUT2D eigenvalue weighted by atomic mass is 10.3. The Morgan fingerprint density at radius 3 is 2.67 bits per heavy atom. The number of nitrogens with two attached hydrogens (primary N) is 1. The summed E-state index contributed by atoms with van der Waals surface area (Å²) in [6.45, 7) is 7.76. The van der Waals surface area contributed by atoms with Gasteiger partial charge in [0.2, 0.25) is 0 Å². The second-order valence-corrected chi connectivity index (χ2v) is 2.11. The summed E-state index contributed by atoms with van der Waals surface area (Å²) in [6.07, 6.45) is 0.944. The van der Waals surface area contributed by atoms with Gasteiger partial charge in [0.25, 0.3) is 0 Å². The summed E-state index contributed by atoms with van der Waals surface area (Å²) in [5.41, 5.74) is 6.36. The van der Waals surface area contributed by atoms with Crippen LogP contribution in [0.1, 0.15) is 13.3 Å². The highest BCUT2D eigenvalue weighted by atomic mass is 16.5. The van der Waals surface area contributed by atoms with Crippen molar-refractivity contribution >= 4 is 0 Å². The Kier molecular flexibility index (Phi) is 5.57. The highest BCUT2D eigenvalue weighted by Crippen LogP contribution is 1.93. The molecule has 9 heavy (non-hydrogen) atoms. The third-order valence-electron chi connectivity index (χ3n) is 0.935. The first-order valence-corrected chi connectivity index (χ1v) is 3.19. The fourth-order valence-corrected chi connectivity index (χ4v) is 0.432. The summed E-state index contributed by atoms with van der Waals surface area (Å²) >= 11 is 0. The van der Waals surface area contributed by atoms with E-state index in [-0.39, 0.29) is 0 Å². The van der Waals surface area contributed by atoms with E-state index in [9.17, 15) is 0 Å². The van der Waals surface area contributed by atoms with Crippen molar-refractivity contribution in [2.75, 3.05) is 19.8 Å². The van der Waals surface area contributed by atoms with Crippen LogP contribution in [0.3, 0.4) is 0 Å². The molecule has 54 valence electrons. The summed E-state index contributed by atoms with van der Waals surface area (Å²) in [4.78, 5) is 0. The SMILES string of the molecule is C=C(C)CCOCCN. The maximum absolute atomic E-state index is 5.20. The Morgan fingerprint density at radius 2 is 2.22 bits per heavy atom. The molecule has 0 aromatic rings. The standard InChI is InChI=1S/C7H15NO/c1-7(2)3-5-9-6-4-8/h1,3-6,8H2,2H3. The minimum absolute atomic E-state index is 0.607. The second-order valence-electron chi connectivity index (χ2n) is 2.11. The van der Waals surface area contributed by atoms with Crippen LogP contribution in [0.15, 0.2) is 12.2 Å². The van der Waals surface area contributed by atoms with Gasteiger partial charge in [0, 0.05) is 6.54 Å². The number of ether oxygens (including phenoxy) is 1. The normalized spacial score (nSPS) is 9.56. The molecule has 0 unspecified atom stereocenters. The van der Waals surface area contributed by atoms with E-state index >= 15 is 0 Å². The van der Waals surface area contributed by atoms with Crippen molar-refractivity contribution in [2.24, 2.45) is 5.73 Å². The average Bonchev–Trinajstić information content (AvgIpc) is 1.80. The minimum Gasteiger partial charge on any atom is -0.380 e. The third-order valence-corrected chi connectivity index (χ3v) is 0.935. The van der Waals surface area contributed by atoms with Crippen molar-refractivity contribution in [3.8, 4) is 0 Å². The molecular formula is C7H15NO. The molecule has 0 heterocycles. The van der Waals surface area contributed by atoms with Gasteiger partial charge in [0.05, 0.1) is 13.2 Å². The Labute approximate surface area is 56.7 Å². The minimum atomic E-state index is 0.607. The van der Waals surface area contributed by atoms with E-state index in [0.717, 1.165) is 18.6 Å². The third kappa shape index (κ3) is 7.66. The van der Waals surface area contributed by atoms with Crippen molar-refractivity contribution in [3.63, 3.8) is 0 Å². The monoisotopic (exact) mass is 129 g/mol. The number of hydrogen-bond donors (Lipinski definition) is 1. The van der Waals surface area contributed by atoms with Crippen LogP contribution in [0.5, 0.6) is 0 Å². The first-order valence-electron chi connectivity index (χ1n) is 3.19. The molecule has 0 saturated carbocycles. The van der Waals surface area contributed by atoms with E-state index in [1.54, 1.807) is 0 Å².